The summed E-state index contributed by atoms with van der Waals surface area (Å²) in [5, 5.41) is 0. The van der Waals surface area contributed by atoms with Crippen molar-refractivity contribution in [2.24, 2.45) is 5.73 Å². The smallest absolute Gasteiger partial charge is 0.124 e. The summed E-state index contributed by atoms with van der Waals surface area (Å²) in [6.45, 7) is 2.12. The zero-order chi connectivity index (χ0) is 13.2. The van der Waals surface area contributed by atoms with Crippen LogP contribution in [-0.4, -0.2) is 14.2 Å². The number of benzene rings is 1. The van der Waals surface area contributed by atoms with Gasteiger partial charge in [-0.25, -0.2) is 0 Å². The van der Waals surface area contributed by atoms with Gasteiger partial charge in [-0.1, -0.05) is 19.8 Å². The predicted octanol–water partition coefficient (Wildman–Crippen LogP) is 2.99. The van der Waals surface area contributed by atoms with Gasteiger partial charge < -0.3 is 15.2 Å². The molecular formula is C15H23NO2. The van der Waals surface area contributed by atoms with E-state index in [2.05, 4.69) is 19.1 Å². The molecule has 18 heavy (non-hydrogen) atoms. The molecule has 0 aromatic heterocycles. The molecule has 100 valence electrons. The Morgan fingerprint density at radius 1 is 1.11 bits per heavy atom. The van der Waals surface area contributed by atoms with Crippen LogP contribution < -0.4 is 15.2 Å². The lowest BCUT2D eigenvalue weighted by molar-refractivity contribution is 0.369. The number of hydrogen-bond acceptors (Lipinski definition) is 3. The first kappa shape index (κ1) is 13.2. The van der Waals surface area contributed by atoms with Gasteiger partial charge in [0.15, 0.2) is 0 Å². The monoisotopic (exact) mass is 249 g/mol. The van der Waals surface area contributed by atoms with E-state index in [1.165, 1.54) is 18.4 Å². The largest absolute Gasteiger partial charge is 0.496 e. The molecule has 2 rings (SSSR count). The van der Waals surface area contributed by atoms with Crippen LogP contribution in [0.1, 0.15) is 43.7 Å². The van der Waals surface area contributed by atoms with Crippen molar-refractivity contribution in [1.29, 1.82) is 0 Å². The van der Waals surface area contributed by atoms with Crippen molar-refractivity contribution < 1.29 is 9.47 Å². The molecule has 0 amide bonds. The maximum absolute atomic E-state index is 6.54. The Labute approximate surface area is 109 Å². The van der Waals surface area contributed by atoms with Crippen LogP contribution in [0.2, 0.25) is 0 Å². The third-order valence-electron chi connectivity index (χ3n) is 4.02. The second kappa shape index (κ2) is 5.19. The fourth-order valence-electron chi connectivity index (χ4n) is 2.90. The molecule has 1 fully saturated rings. The van der Waals surface area contributed by atoms with Crippen LogP contribution in [0.4, 0.5) is 0 Å². The van der Waals surface area contributed by atoms with E-state index in [0.29, 0.717) is 0 Å². The van der Waals surface area contributed by atoms with E-state index in [0.717, 1.165) is 36.3 Å². The Kier molecular flexibility index (Phi) is 3.81. The third kappa shape index (κ3) is 2.19. The van der Waals surface area contributed by atoms with Crippen molar-refractivity contribution in [1.82, 2.24) is 0 Å². The van der Waals surface area contributed by atoms with Crippen molar-refractivity contribution in [3.05, 3.63) is 23.3 Å². The Morgan fingerprint density at radius 3 is 2.22 bits per heavy atom. The van der Waals surface area contributed by atoms with Gasteiger partial charge in [0.1, 0.15) is 11.5 Å². The minimum Gasteiger partial charge on any atom is -0.496 e. The second-order valence-electron chi connectivity index (χ2n) is 5.08. The standard InChI is InChI=1S/C15H23NO2/c1-4-11-9-14(18-3)12(10-13(11)17-2)15(16)7-5-6-8-15/h9-10H,4-8,16H2,1-3H3. The van der Waals surface area contributed by atoms with Gasteiger partial charge in [0, 0.05) is 11.1 Å². The number of aryl methyl sites for hydroxylation is 1. The average Bonchev–Trinajstić information content (AvgIpc) is 2.85. The molecule has 0 unspecified atom stereocenters. The molecule has 0 spiro atoms. The minimum absolute atomic E-state index is 0.245. The summed E-state index contributed by atoms with van der Waals surface area (Å²) in [5.41, 5.74) is 8.55. The predicted molar refractivity (Wildman–Crippen MR) is 73.3 cm³/mol. The highest BCUT2D eigenvalue weighted by molar-refractivity contribution is 5.50. The van der Waals surface area contributed by atoms with Gasteiger partial charge in [-0.05, 0) is 37.0 Å². The fourth-order valence-corrected chi connectivity index (χ4v) is 2.90. The molecule has 3 heteroatoms. The van der Waals surface area contributed by atoms with E-state index in [1.54, 1.807) is 14.2 Å². The van der Waals surface area contributed by atoms with Gasteiger partial charge in [-0.15, -0.1) is 0 Å². The second-order valence-corrected chi connectivity index (χ2v) is 5.08. The lowest BCUT2D eigenvalue weighted by Crippen LogP contribution is -2.33. The maximum Gasteiger partial charge on any atom is 0.124 e. The van der Waals surface area contributed by atoms with E-state index in [1.807, 2.05) is 0 Å². The van der Waals surface area contributed by atoms with E-state index in [9.17, 15) is 0 Å². The molecule has 0 aliphatic heterocycles. The van der Waals surface area contributed by atoms with Gasteiger partial charge in [0.05, 0.1) is 14.2 Å². The molecule has 1 aliphatic rings. The van der Waals surface area contributed by atoms with Crippen LogP contribution in [0.5, 0.6) is 11.5 Å². The molecular weight excluding hydrogens is 226 g/mol. The lowest BCUT2D eigenvalue weighted by Gasteiger charge is -2.27. The molecule has 0 saturated heterocycles. The van der Waals surface area contributed by atoms with E-state index in [-0.39, 0.29) is 5.54 Å². The first-order chi connectivity index (χ1) is 8.64. The Hall–Kier alpha value is -1.22. The maximum atomic E-state index is 6.54. The van der Waals surface area contributed by atoms with Gasteiger partial charge in [-0.3, -0.25) is 0 Å². The summed E-state index contributed by atoms with van der Waals surface area (Å²) in [5.74, 6) is 1.82. The van der Waals surface area contributed by atoms with E-state index < -0.39 is 0 Å². The van der Waals surface area contributed by atoms with Crippen molar-refractivity contribution in [2.45, 2.75) is 44.6 Å². The Morgan fingerprint density at radius 2 is 1.72 bits per heavy atom. The molecule has 0 bridgehead atoms. The number of methoxy groups -OCH3 is 2. The quantitative estimate of drug-likeness (QED) is 0.892. The van der Waals surface area contributed by atoms with Gasteiger partial charge in [0.2, 0.25) is 0 Å². The number of ether oxygens (including phenoxy) is 2. The zero-order valence-electron chi connectivity index (χ0n) is 11.6. The molecule has 0 atom stereocenters. The molecule has 1 aromatic rings. The van der Waals surface area contributed by atoms with Gasteiger partial charge >= 0.3 is 0 Å². The molecule has 1 aromatic carbocycles. The number of rotatable bonds is 4. The molecule has 1 aliphatic carbocycles. The first-order valence-corrected chi connectivity index (χ1v) is 6.69. The molecule has 3 nitrogen and oxygen atoms in total. The van der Waals surface area contributed by atoms with Gasteiger partial charge in [-0.2, -0.15) is 0 Å². The highest BCUT2D eigenvalue weighted by Gasteiger charge is 2.34. The molecule has 1 saturated carbocycles. The van der Waals surface area contributed by atoms with E-state index >= 15 is 0 Å². The highest BCUT2D eigenvalue weighted by atomic mass is 16.5. The van der Waals surface area contributed by atoms with Crippen LogP contribution in [0.3, 0.4) is 0 Å². The first-order valence-electron chi connectivity index (χ1n) is 6.69. The normalized spacial score (nSPS) is 17.8. The highest BCUT2D eigenvalue weighted by Crippen LogP contribution is 2.43. The SMILES string of the molecule is CCc1cc(OC)c(C2(N)CCCC2)cc1OC. The summed E-state index contributed by atoms with van der Waals surface area (Å²) in [6.07, 6.45) is 5.36. The summed E-state index contributed by atoms with van der Waals surface area (Å²) in [6, 6.07) is 4.14. The summed E-state index contributed by atoms with van der Waals surface area (Å²) in [7, 11) is 3.42. The van der Waals surface area contributed by atoms with Crippen LogP contribution >= 0.6 is 0 Å². The van der Waals surface area contributed by atoms with Crippen molar-refractivity contribution in [3.8, 4) is 11.5 Å². The average molecular weight is 249 g/mol. The summed E-state index contributed by atoms with van der Waals surface area (Å²) < 4.78 is 11.0. The van der Waals surface area contributed by atoms with Crippen molar-refractivity contribution in [3.63, 3.8) is 0 Å². The summed E-state index contributed by atoms with van der Waals surface area (Å²) >= 11 is 0. The van der Waals surface area contributed by atoms with E-state index in [4.69, 9.17) is 15.2 Å². The topological polar surface area (TPSA) is 44.5 Å². The molecule has 0 heterocycles. The molecule has 2 N–H and O–H groups in total. The third-order valence-corrected chi connectivity index (χ3v) is 4.02. The Bertz CT molecular complexity index is 423. The number of nitrogens with two attached hydrogens (primary N) is 1. The van der Waals surface area contributed by atoms with Crippen LogP contribution in [0, 0.1) is 0 Å². The Balaban J connectivity index is 2.51. The van der Waals surface area contributed by atoms with Crippen LogP contribution in [0.15, 0.2) is 12.1 Å². The van der Waals surface area contributed by atoms with Crippen molar-refractivity contribution in [2.75, 3.05) is 14.2 Å². The lowest BCUT2D eigenvalue weighted by atomic mass is 9.87. The zero-order valence-corrected chi connectivity index (χ0v) is 11.6. The summed E-state index contributed by atoms with van der Waals surface area (Å²) in [4.78, 5) is 0. The molecule has 0 radical (unpaired) electrons. The minimum atomic E-state index is -0.245. The fraction of sp³-hybridized carbons (Fsp3) is 0.600. The van der Waals surface area contributed by atoms with Crippen LogP contribution in [0.25, 0.3) is 0 Å². The van der Waals surface area contributed by atoms with Crippen molar-refractivity contribution >= 4 is 0 Å². The number of hydrogen-bond donors (Lipinski definition) is 1. The van der Waals surface area contributed by atoms with Gasteiger partial charge in [0.25, 0.3) is 0 Å². The van der Waals surface area contributed by atoms with Crippen LogP contribution in [-0.2, 0) is 12.0 Å².